The van der Waals surface area contributed by atoms with Crippen molar-refractivity contribution in [3.05, 3.63) is 23.8 Å². The number of sulfone groups is 1. The molecule has 0 saturated heterocycles. The van der Waals surface area contributed by atoms with Crippen LogP contribution in [0, 0.1) is 6.92 Å². The summed E-state index contributed by atoms with van der Waals surface area (Å²) in [5, 5.41) is 0. The lowest BCUT2D eigenvalue weighted by Crippen LogP contribution is -2.40. The zero-order valence-corrected chi connectivity index (χ0v) is 15.3. The lowest BCUT2D eigenvalue weighted by molar-refractivity contribution is -0.129. The van der Waals surface area contributed by atoms with Gasteiger partial charge in [-0.3, -0.25) is 4.79 Å². The summed E-state index contributed by atoms with van der Waals surface area (Å²) in [6.07, 6.45) is 1.01. The molecule has 1 N–H and O–H groups in total. The number of benzene rings is 1. The third-order valence-corrected chi connectivity index (χ3v) is 6.06. The van der Waals surface area contributed by atoms with Crippen LogP contribution in [0.15, 0.2) is 28.0 Å². The minimum Gasteiger partial charge on any atom is -0.342 e. The summed E-state index contributed by atoms with van der Waals surface area (Å²) in [6, 6.07) is 3.89. The first kappa shape index (κ1) is 19.6. The molecule has 1 aromatic carbocycles. The number of carbonyl (C=O) groups is 1. The van der Waals surface area contributed by atoms with Crippen LogP contribution in [-0.4, -0.2) is 53.5 Å². The van der Waals surface area contributed by atoms with Crippen LogP contribution < -0.4 is 4.72 Å². The van der Waals surface area contributed by atoms with E-state index in [1.165, 1.54) is 17.0 Å². The maximum Gasteiger partial charge on any atom is 0.241 e. The van der Waals surface area contributed by atoms with Crippen molar-refractivity contribution < 1.29 is 21.6 Å². The van der Waals surface area contributed by atoms with E-state index in [2.05, 4.69) is 4.72 Å². The monoisotopic (exact) mass is 362 g/mol. The van der Waals surface area contributed by atoms with E-state index in [0.717, 1.165) is 12.3 Å². The van der Waals surface area contributed by atoms with E-state index in [0.29, 0.717) is 18.7 Å². The van der Waals surface area contributed by atoms with Gasteiger partial charge in [-0.05, 0) is 38.5 Å². The Hall–Kier alpha value is -1.45. The van der Waals surface area contributed by atoms with E-state index in [9.17, 15) is 21.6 Å². The summed E-state index contributed by atoms with van der Waals surface area (Å²) in [4.78, 5) is 13.2. The molecule has 0 radical (unpaired) electrons. The Morgan fingerprint density at radius 2 is 1.70 bits per heavy atom. The molecule has 0 atom stereocenters. The fraction of sp³-hybridized carbons (Fsp3) is 0.500. The van der Waals surface area contributed by atoms with Crippen molar-refractivity contribution in [2.75, 3.05) is 25.9 Å². The summed E-state index contributed by atoms with van der Waals surface area (Å²) in [5.41, 5.74) is 0.403. The number of likely N-dealkylation sites (N-methyl/N-ethyl adjacent to an activating group) is 1. The summed E-state index contributed by atoms with van der Waals surface area (Å²) in [5.74, 6) is -0.338. The zero-order chi connectivity index (χ0) is 17.8. The summed E-state index contributed by atoms with van der Waals surface area (Å²) in [7, 11) is -7.50. The molecule has 0 aromatic heterocycles. The number of nitrogens with zero attached hydrogens (tertiary/aromatic N) is 1. The molecule has 0 aliphatic heterocycles. The van der Waals surface area contributed by atoms with Crippen molar-refractivity contribution in [3.63, 3.8) is 0 Å². The van der Waals surface area contributed by atoms with Gasteiger partial charge in [0, 0.05) is 19.3 Å². The van der Waals surface area contributed by atoms with Crippen molar-refractivity contribution >= 4 is 25.8 Å². The summed E-state index contributed by atoms with van der Waals surface area (Å²) in [6.45, 7) is 5.77. The molecular weight excluding hydrogens is 340 g/mol. The van der Waals surface area contributed by atoms with E-state index in [1.807, 2.05) is 0 Å². The molecule has 0 aliphatic rings. The van der Waals surface area contributed by atoms with E-state index < -0.39 is 19.9 Å². The van der Waals surface area contributed by atoms with Crippen LogP contribution in [0.5, 0.6) is 0 Å². The molecule has 1 aromatic rings. The van der Waals surface area contributed by atoms with Gasteiger partial charge in [-0.15, -0.1) is 0 Å². The normalized spacial score (nSPS) is 12.2. The van der Waals surface area contributed by atoms with Gasteiger partial charge >= 0.3 is 0 Å². The first-order valence-electron chi connectivity index (χ1n) is 7.11. The average molecular weight is 362 g/mol. The maximum absolute atomic E-state index is 12.4. The van der Waals surface area contributed by atoms with E-state index >= 15 is 0 Å². The molecule has 0 saturated carbocycles. The summed E-state index contributed by atoms with van der Waals surface area (Å²) >= 11 is 0. The van der Waals surface area contributed by atoms with Crippen molar-refractivity contribution in [2.45, 2.75) is 30.6 Å². The number of hydrogen-bond donors (Lipinski definition) is 1. The topological polar surface area (TPSA) is 101 Å². The van der Waals surface area contributed by atoms with E-state index in [-0.39, 0.29) is 22.2 Å². The highest BCUT2D eigenvalue weighted by Gasteiger charge is 2.21. The number of nitrogens with one attached hydrogen (secondary N) is 1. The Balaban J connectivity index is 3.08. The minimum absolute atomic E-state index is 0.0847. The van der Waals surface area contributed by atoms with Crippen LogP contribution in [0.3, 0.4) is 0 Å². The SMILES string of the molecule is CCN(CC)C(=O)CNS(=O)(=O)c1cc(S(C)(=O)=O)ccc1C. The molecule has 1 rings (SSSR count). The first-order chi connectivity index (χ1) is 10.5. The second kappa shape index (κ2) is 7.41. The van der Waals surface area contributed by atoms with Crippen LogP contribution >= 0.6 is 0 Å². The Bertz CT molecular complexity index is 781. The van der Waals surface area contributed by atoms with Gasteiger partial charge in [-0.1, -0.05) is 6.07 Å². The van der Waals surface area contributed by atoms with E-state index in [4.69, 9.17) is 0 Å². The predicted octanol–water partition coefficient (Wildman–Crippen LogP) is 0.545. The average Bonchev–Trinajstić information content (AvgIpc) is 2.45. The number of carbonyl (C=O) groups excluding carboxylic acids is 1. The fourth-order valence-corrected chi connectivity index (χ4v) is 3.99. The van der Waals surface area contributed by atoms with Crippen molar-refractivity contribution in [1.82, 2.24) is 9.62 Å². The quantitative estimate of drug-likeness (QED) is 0.763. The van der Waals surface area contributed by atoms with Gasteiger partial charge in [0.15, 0.2) is 9.84 Å². The van der Waals surface area contributed by atoms with Crippen molar-refractivity contribution in [1.29, 1.82) is 0 Å². The Morgan fingerprint density at radius 1 is 1.13 bits per heavy atom. The zero-order valence-electron chi connectivity index (χ0n) is 13.7. The number of sulfonamides is 1. The Labute approximate surface area is 137 Å². The smallest absolute Gasteiger partial charge is 0.241 e. The van der Waals surface area contributed by atoms with E-state index in [1.54, 1.807) is 20.8 Å². The Kier molecular flexibility index (Phi) is 6.32. The van der Waals surface area contributed by atoms with Crippen LogP contribution in [0.4, 0.5) is 0 Å². The molecule has 9 heteroatoms. The molecule has 130 valence electrons. The van der Waals surface area contributed by atoms with Gasteiger partial charge in [0.05, 0.1) is 16.3 Å². The van der Waals surface area contributed by atoms with Gasteiger partial charge in [-0.25, -0.2) is 21.6 Å². The lowest BCUT2D eigenvalue weighted by Gasteiger charge is -2.19. The largest absolute Gasteiger partial charge is 0.342 e. The highest BCUT2D eigenvalue weighted by Crippen LogP contribution is 2.20. The third-order valence-electron chi connectivity index (χ3n) is 3.41. The summed E-state index contributed by atoms with van der Waals surface area (Å²) < 4.78 is 50.1. The fourth-order valence-electron chi connectivity index (χ4n) is 2.02. The van der Waals surface area contributed by atoms with Gasteiger partial charge in [0.1, 0.15) is 0 Å². The molecule has 0 fully saturated rings. The molecule has 0 aliphatic carbocycles. The molecule has 23 heavy (non-hydrogen) atoms. The number of rotatable bonds is 7. The minimum atomic E-state index is -3.98. The number of hydrogen-bond acceptors (Lipinski definition) is 5. The maximum atomic E-state index is 12.4. The van der Waals surface area contributed by atoms with Crippen LogP contribution in [-0.2, 0) is 24.7 Å². The van der Waals surface area contributed by atoms with Crippen LogP contribution in [0.25, 0.3) is 0 Å². The molecule has 7 nitrogen and oxygen atoms in total. The van der Waals surface area contributed by atoms with Gasteiger partial charge in [0.2, 0.25) is 15.9 Å². The third kappa shape index (κ3) is 5.02. The van der Waals surface area contributed by atoms with Gasteiger partial charge < -0.3 is 4.90 Å². The molecular formula is C14H22N2O5S2. The molecule has 0 bridgehead atoms. The standard InChI is InChI=1S/C14H22N2O5S2/c1-5-16(6-2)14(17)10-15-23(20,21)13-9-12(22(4,18)19)8-7-11(13)3/h7-9,15H,5-6,10H2,1-4H3. The van der Waals surface area contributed by atoms with Gasteiger partial charge in [-0.2, -0.15) is 0 Å². The first-order valence-corrected chi connectivity index (χ1v) is 10.5. The van der Waals surface area contributed by atoms with Crippen molar-refractivity contribution in [3.8, 4) is 0 Å². The van der Waals surface area contributed by atoms with Crippen molar-refractivity contribution in [2.24, 2.45) is 0 Å². The lowest BCUT2D eigenvalue weighted by atomic mass is 10.2. The molecule has 1 amide bonds. The predicted molar refractivity (Wildman–Crippen MR) is 87.4 cm³/mol. The molecule has 0 spiro atoms. The van der Waals surface area contributed by atoms with Crippen LogP contribution in [0.2, 0.25) is 0 Å². The Morgan fingerprint density at radius 3 is 2.17 bits per heavy atom. The molecule has 0 unspecified atom stereocenters. The highest BCUT2D eigenvalue weighted by atomic mass is 32.2. The second-order valence-electron chi connectivity index (χ2n) is 5.09. The second-order valence-corrected chi connectivity index (χ2v) is 8.84. The van der Waals surface area contributed by atoms with Crippen LogP contribution in [0.1, 0.15) is 19.4 Å². The van der Waals surface area contributed by atoms with Gasteiger partial charge in [0.25, 0.3) is 0 Å². The molecule has 0 heterocycles. The highest BCUT2D eigenvalue weighted by molar-refractivity contribution is 7.91. The number of amides is 1. The number of aryl methyl sites for hydroxylation is 1.